The van der Waals surface area contributed by atoms with Crippen LogP contribution >= 0.6 is 0 Å². The van der Waals surface area contributed by atoms with E-state index in [0.717, 1.165) is 19.3 Å². The van der Waals surface area contributed by atoms with Gasteiger partial charge >= 0.3 is 5.97 Å². The van der Waals surface area contributed by atoms with Gasteiger partial charge in [0.2, 0.25) is 0 Å². The molecule has 3 heteroatoms. The minimum atomic E-state index is -0.116. The Hall–Kier alpha value is -0.570. The van der Waals surface area contributed by atoms with Gasteiger partial charge in [-0.3, -0.25) is 4.79 Å². The van der Waals surface area contributed by atoms with E-state index in [0.29, 0.717) is 11.8 Å². The van der Waals surface area contributed by atoms with Gasteiger partial charge in [0.25, 0.3) is 0 Å². The van der Waals surface area contributed by atoms with Crippen molar-refractivity contribution in [1.82, 2.24) is 0 Å². The maximum absolute atomic E-state index is 11.0. The largest absolute Gasteiger partial charge is 0.469 e. The highest BCUT2D eigenvalue weighted by atomic mass is 16.5. The van der Waals surface area contributed by atoms with Gasteiger partial charge < -0.3 is 9.84 Å². The first kappa shape index (κ1) is 13.5. The van der Waals surface area contributed by atoms with Crippen molar-refractivity contribution in [2.75, 3.05) is 13.7 Å². The first-order chi connectivity index (χ1) is 7.72. The molecule has 0 aliphatic heterocycles. The normalized spacial score (nSPS) is 19.4. The van der Waals surface area contributed by atoms with Crippen LogP contribution in [0.4, 0.5) is 0 Å². The molecule has 0 aromatic carbocycles. The molecule has 94 valence electrons. The molecule has 1 saturated carbocycles. The van der Waals surface area contributed by atoms with E-state index in [9.17, 15) is 4.79 Å². The highest BCUT2D eigenvalue weighted by Crippen LogP contribution is 2.43. The molecule has 1 rings (SSSR count). The second-order valence-corrected chi connectivity index (χ2v) is 4.96. The first-order valence-corrected chi connectivity index (χ1v) is 6.40. The lowest BCUT2D eigenvalue weighted by Gasteiger charge is -2.37. The van der Waals surface area contributed by atoms with Crippen LogP contribution in [0.15, 0.2) is 0 Å². The number of aliphatic hydroxyl groups is 1. The lowest BCUT2D eigenvalue weighted by molar-refractivity contribution is -0.140. The van der Waals surface area contributed by atoms with Crippen molar-refractivity contribution in [3.05, 3.63) is 0 Å². The van der Waals surface area contributed by atoms with Crippen LogP contribution in [-0.4, -0.2) is 24.8 Å². The summed E-state index contributed by atoms with van der Waals surface area (Å²) in [6.07, 6.45) is 9.68. The Balaban J connectivity index is 2.35. The Bertz CT molecular complexity index is 202. The predicted molar refractivity (Wildman–Crippen MR) is 63.1 cm³/mol. The van der Waals surface area contributed by atoms with Crippen LogP contribution in [0.5, 0.6) is 0 Å². The molecule has 1 N–H and O–H groups in total. The van der Waals surface area contributed by atoms with E-state index < -0.39 is 0 Å². The van der Waals surface area contributed by atoms with Gasteiger partial charge in [0.05, 0.1) is 7.11 Å². The number of hydrogen-bond donors (Lipinski definition) is 1. The third kappa shape index (κ3) is 4.12. The Morgan fingerprint density at radius 2 is 1.94 bits per heavy atom. The molecular weight excluding hydrogens is 204 g/mol. The summed E-state index contributed by atoms with van der Waals surface area (Å²) in [5, 5.41) is 9.15. The Labute approximate surface area is 98.2 Å². The van der Waals surface area contributed by atoms with Crippen molar-refractivity contribution < 1.29 is 14.6 Å². The monoisotopic (exact) mass is 228 g/mol. The standard InChI is InChI=1S/C13H24O3/c1-16-12(15)6-5-9-13(10-11-14)7-3-2-4-8-13/h14H,2-11H2,1H3. The summed E-state index contributed by atoms with van der Waals surface area (Å²) < 4.78 is 4.64. The molecule has 0 atom stereocenters. The van der Waals surface area contributed by atoms with Gasteiger partial charge in [0.1, 0.15) is 0 Å². The molecule has 0 spiro atoms. The summed E-state index contributed by atoms with van der Waals surface area (Å²) in [6, 6.07) is 0. The molecule has 0 bridgehead atoms. The van der Waals surface area contributed by atoms with Gasteiger partial charge in [-0.25, -0.2) is 0 Å². The number of ether oxygens (including phenoxy) is 1. The Morgan fingerprint density at radius 3 is 2.50 bits per heavy atom. The average Bonchev–Trinajstić information content (AvgIpc) is 2.30. The zero-order valence-electron chi connectivity index (χ0n) is 10.3. The van der Waals surface area contributed by atoms with Crippen molar-refractivity contribution in [3.8, 4) is 0 Å². The fourth-order valence-electron chi connectivity index (χ4n) is 2.87. The van der Waals surface area contributed by atoms with E-state index >= 15 is 0 Å². The molecule has 16 heavy (non-hydrogen) atoms. The van der Waals surface area contributed by atoms with Crippen LogP contribution in [0.25, 0.3) is 0 Å². The predicted octanol–water partition coefficient (Wildman–Crippen LogP) is 2.66. The minimum absolute atomic E-state index is 0.116. The van der Waals surface area contributed by atoms with Crippen LogP contribution in [0.1, 0.15) is 57.8 Å². The quantitative estimate of drug-likeness (QED) is 0.711. The number of carbonyl (C=O) groups is 1. The Kier molecular flexibility index (Phi) is 5.81. The van der Waals surface area contributed by atoms with E-state index in [1.165, 1.54) is 39.2 Å². The van der Waals surface area contributed by atoms with E-state index in [4.69, 9.17) is 5.11 Å². The summed E-state index contributed by atoms with van der Waals surface area (Å²) in [5.74, 6) is -0.116. The molecule has 0 heterocycles. The fourth-order valence-corrected chi connectivity index (χ4v) is 2.87. The number of esters is 1. The lowest BCUT2D eigenvalue weighted by atomic mass is 9.69. The number of methoxy groups -OCH3 is 1. The van der Waals surface area contributed by atoms with Crippen LogP contribution in [-0.2, 0) is 9.53 Å². The van der Waals surface area contributed by atoms with Crippen molar-refractivity contribution in [2.24, 2.45) is 5.41 Å². The summed E-state index contributed by atoms with van der Waals surface area (Å²) in [5.41, 5.74) is 0.307. The van der Waals surface area contributed by atoms with Gasteiger partial charge in [-0.05, 0) is 37.5 Å². The van der Waals surface area contributed by atoms with Gasteiger partial charge in [-0.1, -0.05) is 19.3 Å². The molecule has 0 amide bonds. The number of aliphatic hydroxyl groups excluding tert-OH is 1. The molecule has 0 unspecified atom stereocenters. The maximum atomic E-state index is 11.0. The molecule has 1 aliphatic rings. The summed E-state index contributed by atoms with van der Waals surface area (Å²) in [7, 11) is 1.44. The molecular formula is C13H24O3. The van der Waals surface area contributed by atoms with Gasteiger partial charge in [0.15, 0.2) is 0 Å². The van der Waals surface area contributed by atoms with Crippen LogP contribution < -0.4 is 0 Å². The number of rotatable bonds is 6. The van der Waals surface area contributed by atoms with Crippen LogP contribution in [0, 0.1) is 5.41 Å². The summed E-state index contributed by atoms with van der Waals surface area (Å²) in [6.45, 7) is 0.276. The summed E-state index contributed by atoms with van der Waals surface area (Å²) in [4.78, 5) is 11.0. The summed E-state index contributed by atoms with van der Waals surface area (Å²) >= 11 is 0. The van der Waals surface area contributed by atoms with E-state index in [1.807, 2.05) is 0 Å². The van der Waals surface area contributed by atoms with Crippen molar-refractivity contribution in [3.63, 3.8) is 0 Å². The second-order valence-electron chi connectivity index (χ2n) is 4.96. The molecule has 1 aliphatic carbocycles. The second kappa shape index (κ2) is 6.89. The minimum Gasteiger partial charge on any atom is -0.469 e. The zero-order valence-corrected chi connectivity index (χ0v) is 10.3. The van der Waals surface area contributed by atoms with Gasteiger partial charge in [-0.2, -0.15) is 0 Å². The third-order valence-corrected chi connectivity index (χ3v) is 3.87. The Morgan fingerprint density at radius 1 is 1.25 bits per heavy atom. The molecule has 0 saturated heterocycles. The molecule has 0 radical (unpaired) electrons. The highest BCUT2D eigenvalue weighted by molar-refractivity contribution is 5.68. The molecule has 3 nitrogen and oxygen atoms in total. The van der Waals surface area contributed by atoms with Gasteiger partial charge in [0, 0.05) is 13.0 Å². The van der Waals surface area contributed by atoms with E-state index in [-0.39, 0.29) is 12.6 Å². The van der Waals surface area contributed by atoms with Crippen molar-refractivity contribution in [2.45, 2.75) is 57.8 Å². The average molecular weight is 228 g/mol. The van der Waals surface area contributed by atoms with Crippen molar-refractivity contribution >= 4 is 5.97 Å². The zero-order chi connectivity index (χ0) is 11.9. The van der Waals surface area contributed by atoms with E-state index in [1.54, 1.807) is 0 Å². The van der Waals surface area contributed by atoms with Crippen LogP contribution in [0.3, 0.4) is 0 Å². The smallest absolute Gasteiger partial charge is 0.305 e. The fraction of sp³-hybridized carbons (Fsp3) is 0.923. The lowest BCUT2D eigenvalue weighted by Crippen LogP contribution is -2.25. The number of hydrogen-bond acceptors (Lipinski definition) is 3. The van der Waals surface area contributed by atoms with Crippen molar-refractivity contribution in [1.29, 1.82) is 0 Å². The first-order valence-electron chi connectivity index (χ1n) is 6.40. The molecule has 1 fully saturated rings. The van der Waals surface area contributed by atoms with Crippen LogP contribution in [0.2, 0.25) is 0 Å². The van der Waals surface area contributed by atoms with Gasteiger partial charge in [-0.15, -0.1) is 0 Å². The topological polar surface area (TPSA) is 46.5 Å². The molecule has 0 aromatic heterocycles. The SMILES string of the molecule is COC(=O)CCCC1(CCO)CCCCC1. The molecule has 0 aromatic rings. The third-order valence-electron chi connectivity index (χ3n) is 3.87. The van der Waals surface area contributed by atoms with E-state index in [2.05, 4.69) is 4.74 Å². The number of carbonyl (C=O) groups excluding carboxylic acids is 1. The highest BCUT2D eigenvalue weighted by Gasteiger charge is 2.30. The maximum Gasteiger partial charge on any atom is 0.305 e.